The fourth-order valence-corrected chi connectivity index (χ4v) is 2.75. The van der Waals surface area contributed by atoms with Gasteiger partial charge < -0.3 is 15.0 Å². The number of ketones is 1. The zero-order chi connectivity index (χ0) is 21.4. The highest BCUT2D eigenvalue weighted by molar-refractivity contribution is 5.95. The normalized spacial score (nSPS) is 10.3. The lowest BCUT2D eigenvalue weighted by molar-refractivity contribution is -0.136. The third-order valence-electron chi connectivity index (χ3n) is 4.28. The Morgan fingerprint density at radius 3 is 2.48 bits per heavy atom. The number of ether oxygens (including phenoxy) is 1. The summed E-state index contributed by atoms with van der Waals surface area (Å²) in [7, 11) is 0. The molecule has 0 saturated heterocycles. The zero-order valence-corrected chi connectivity index (χ0v) is 16.8. The van der Waals surface area contributed by atoms with Gasteiger partial charge in [0.25, 0.3) is 5.91 Å². The molecule has 0 aliphatic carbocycles. The first-order chi connectivity index (χ1) is 13.8. The second kappa shape index (κ2) is 10.4. The second-order valence-corrected chi connectivity index (χ2v) is 6.66. The molecule has 0 unspecified atom stereocenters. The fourth-order valence-electron chi connectivity index (χ4n) is 2.75. The summed E-state index contributed by atoms with van der Waals surface area (Å²) in [5.41, 5.74) is 1.58. The Hall–Kier alpha value is -3.22. The lowest BCUT2D eigenvalue weighted by atomic mass is 10.1. The standard InChI is InChI=1S/C22H25FN2O4/c1-4-11-25(13-21(27)24-20-8-6-5-7-15(20)2)22(28)14-29-17-9-10-18(16(3)26)19(23)12-17/h5-10,12H,4,11,13-14H2,1-3H3,(H,24,27). The van der Waals surface area contributed by atoms with E-state index in [0.29, 0.717) is 18.7 Å². The van der Waals surface area contributed by atoms with Crippen LogP contribution in [0.5, 0.6) is 5.75 Å². The molecule has 0 heterocycles. The molecular weight excluding hydrogens is 375 g/mol. The van der Waals surface area contributed by atoms with Gasteiger partial charge in [0.05, 0.1) is 12.1 Å². The van der Waals surface area contributed by atoms with E-state index < -0.39 is 5.82 Å². The molecule has 0 aliphatic rings. The number of nitrogens with zero attached hydrogens (tertiary/aromatic N) is 1. The Morgan fingerprint density at radius 2 is 1.86 bits per heavy atom. The predicted molar refractivity (Wildman–Crippen MR) is 109 cm³/mol. The van der Waals surface area contributed by atoms with E-state index in [1.807, 2.05) is 32.0 Å². The van der Waals surface area contributed by atoms with Gasteiger partial charge in [-0.25, -0.2) is 4.39 Å². The fraction of sp³-hybridized carbons (Fsp3) is 0.318. The number of rotatable bonds is 9. The number of benzene rings is 2. The number of hydrogen-bond acceptors (Lipinski definition) is 4. The number of aryl methyl sites for hydroxylation is 1. The van der Waals surface area contributed by atoms with Crippen molar-refractivity contribution in [3.05, 3.63) is 59.4 Å². The van der Waals surface area contributed by atoms with Gasteiger partial charge in [-0.15, -0.1) is 0 Å². The highest BCUT2D eigenvalue weighted by Gasteiger charge is 2.18. The van der Waals surface area contributed by atoms with Crippen LogP contribution in [0.25, 0.3) is 0 Å². The summed E-state index contributed by atoms with van der Waals surface area (Å²) >= 11 is 0. The lowest BCUT2D eigenvalue weighted by Crippen LogP contribution is -2.41. The summed E-state index contributed by atoms with van der Waals surface area (Å²) in [6, 6.07) is 11.2. The monoisotopic (exact) mass is 400 g/mol. The van der Waals surface area contributed by atoms with Crippen LogP contribution in [0.1, 0.15) is 36.2 Å². The molecule has 2 rings (SSSR count). The number of nitrogens with one attached hydrogen (secondary N) is 1. The molecule has 0 aromatic heterocycles. The summed E-state index contributed by atoms with van der Waals surface area (Å²) in [5.74, 6) is -1.65. The Bertz CT molecular complexity index is 898. The van der Waals surface area contributed by atoms with Crippen molar-refractivity contribution >= 4 is 23.3 Å². The minimum Gasteiger partial charge on any atom is -0.484 e. The Kier molecular flexibility index (Phi) is 7.88. The minimum absolute atomic E-state index is 0.0378. The van der Waals surface area contributed by atoms with Crippen LogP contribution in [0.2, 0.25) is 0 Å². The maximum atomic E-state index is 13.9. The average molecular weight is 400 g/mol. The molecule has 0 spiro atoms. The first-order valence-corrected chi connectivity index (χ1v) is 9.38. The van der Waals surface area contributed by atoms with Crippen molar-refractivity contribution in [2.75, 3.05) is 25.0 Å². The summed E-state index contributed by atoms with van der Waals surface area (Å²) in [6.07, 6.45) is 0.672. The summed E-state index contributed by atoms with van der Waals surface area (Å²) in [6.45, 7) is 5.00. The Morgan fingerprint density at radius 1 is 1.14 bits per heavy atom. The number of hydrogen-bond donors (Lipinski definition) is 1. The van der Waals surface area contributed by atoms with Gasteiger partial charge in [-0.05, 0) is 44.0 Å². The second-order valence-electron chi connectivity index (χ2n) is 6.66. The van der Waals surface area contributed by atoms with Gasteiger partial charge in [0.15, 0.2) is 12.4 Å². The van der Waals surface area contributed by atoms with Crippen LogP contribution in [0.4, 0.5) is 10.1 Å². The van der Waals surface area contributed by atoms with Crippen molar-refractivity contribution in [2.45, 2.75) is 27.2 Å². The molecule has 0 saturated carbocycles. The number of amides is 2. The molecule has 2 amide bonds. The highest BCUT2D eigenvalue weighted by atomic mass is 19.1. The number of Topliss-reactive ketones (excluding diaryl/α,β-unsaturated/α-hetero) is 1. The molecule has 2 aromatic carbocycles. The number of para-hydroxylation sites is 1. The topological polar surface area (TPSA) is 75.7 Å². The van der Waals surface area contributed by atoms with Crippen LogP contribution in [-0.4, -0.2) is 42.2 Å². The number of halogens is 1. The van der Waals surface area contributed by atoms with Crippen LogP contribution in [-0.2, 0) is 9.59 Å². The number of anilines is 1. The van der Waals surface area contributed by atoms with Gasteiger partial charge in [-0.3, -0.25) is 14.4 Å². The van der Waals surface area contributed by atoms with Gasteiger partial charge in [0, 0.05) is 18.3 Å². The van der Waals surface area contributed by atoms with Gasteiger partial charge in [0.1, 0.15) is 11.6 Å². The van der Waals surface area contributed by atoms with Crippen molar-refractivity contribution < 1.29 is 23.5 Å². The predicted octanol–water partition coefficient (Wildman–Crippen LogP) is 3.59. The molecule has 154 valence electrons. The molecule has 0 radical (unpaired) electrons. The van der Waals surface area contributed by atoms with Crippen LogP contribution in [0.15, 0.2) is 42.5 Å². The largest absolute Gasteiger partial charge is 0.484 e. The van der Waals surface area contributed by atoms with Crippen LogP contribution < -0.4 is 10.1 Å². The van der Waals surface area contributed by atoms with E-state index in [9.17, 15) is 18.8 Å². The minimum atomic E-state index is -0.703. The van der Waals surface area contributed by atoms with Crippen molar-refractivity contribution in [3.63, 3.8) is 0 Å². The molecule has 1 N–H and O–H groups in total. The van der Waals surface area contributed by atoms with E-state index in [2.05, 4.69) is 5.32 Å². The molecule has 6 nitrogen and oxygen atoms in total. The molecular formula is C22H25FN2O4. The SMILES string of the molecule is CCCN(CC(=O)Nc1ccccc1C)C(=O)COc1ccc(C(C)=O)c(F)c1. The van der Waals surface area contributed by atoms with Crippen LogP contribution in [0, 0.1) is 12.7 Å². The number of carbonyl (C=O) groups excluding carboxylic acids is 3. The third kappa shape index (κ3) is 6.41. The summed E-state index contributed by atoms with van der Waals surface area (Å²) in [5, 5.41) is 2.80. The maximum absolute atomic E-state index is 13.9. The molecule has 0 bridgehead atoms. The summed E-state index contributed by atoms with van der Waals surface area (Å²) < 4.78 is 19.2. The van der Waals surface area contributed by atoms with Gasteiger partial charge in [-0.1, -0.05) is 25.1 Å². The van der Waals surface area contributed by atoms with Gasteiger partial charge >= 0.3 is 0 Å². The van der Waals surface area contributed by atoms with Gasteiger partial charge in [0.2, 0.25) is 5.91 Å². The van der Waals surface area contributed by atoms with E-state index >= 15 is 0 Å². The Labute approximate surface area is 169 Å². The van der Waals surface area contributed by atoms with E-state index in [-0.39, 0.29) is 42.1 Å². The van der Waals surface area contributed by atoms with Crippen molar-refractivity contribution in [1.29, 1.82) is 0 Å². The van der Waals surface area contributed by atoms with Crippen LogP contribution >= 0.6 is 0 Å². The average Bonchev–Trinajstić information content (AvgIpc) is 2.67. The summed E-state index contributed by atoms with van der Waals surface area (Å²) in [4.78, 5) is 37.5. The lowest BCUT2D eigenvalue weighted by Gasteiger charge is -2.22. The number of carbonyl (C=O) groups is 3. The maximum Gasteiger partial charge on any atom is 0.260 e. The van der Waals surface area contributed by atoms with E-state index in [4.69, 9.17) is 4.74 Å². The smallest absolute Gasteiger partial charge is 0.260 e. The van der Waals surface area contributed by atoms with Crippen molar-refractivity contribution in [3.8, 4) is 5.75 Å². The molecule has 0 fully saturated rings. The zero-order valence-electron chi connectivity index (χ0n) is 16.8. The van der Waals surface area contributed by atoms with Crippen molar-refractivity contribution in [2.24, 2.45) is 0 Å². The van der Waals surface area contributed by atoms with E-state index in [0.717, 1.165) is 11.6 Å². The Balaban J connectivity index is 1.96. The first kappa shape index (κ1) is 22.1. The first-order valence-electron chi connectivity index (χ1n) is 9.38. The highest BCUT2D eigenvalue weighted by Crippen LogP contribution is 2.17. The van der Waals surface area contributed by atoms with Crippen molar-refractivity contribution in [1.82, 2.24) is 4.90 Å². The molecule has 7 heteroatoms. The molecule has 0 atom stereocenters. The van der Waals surface area contributed by atoms with E-state index in [1.54, 1.807) is 6.07 Å². The third-order valence-corrected chi connectivity index (χ3v) is 4.28. The molecule has 2 aromatic rings. The quantitative estimate of drug-likeness (QED) is 0.653. The van der Waals surface area contributed by atoms with Crippen LogP contribution in [0.3, 0.4) is 0 Å². The molecule has 29 heavy (non-hydrogen) atoms. The van der Waals surface area contributed by atoms with E-state index in [1.165, 1.54) is 24.0 Å². The van der Waals surface area contributed by atoms with Gasteiger partial charge in [-0.2, -0.15) is 0 Å². The molecule has 0 aliphatic heterocycles.